The number of nitrogens with zero attached hydrogens (tertiary/aromatic N) is 2. The minimum atomic E-state index is -0.0503. The summed E-state index contributed by atoms with van der Waals surface area (Å²) >= 11 is 12.2. The number of halogens is 2. The Hall–Kier alpha value is -1.81. The Morgan fingerprint density at radius 3 is 2.86 bits per heavy atom. The lowest BCUT2D eigenvalue weighted by Crippen LogP contribution is -2.30. The first-order valence-corrected chi connectivity index (χ1v) is 11.1. The van der Waals surface area contributed by atoms with Crippen molar-refractivity contribution in [2.45, 2.75) is 50.9 Å². The molecule has 5 heteroatoms. The Morgan fingerprint density at radius 2 is 2.03 bits per heavy atom. The summed E-state index contributed by atoms with van der Waals surface area (Å²) in [6, 6.07) is 12.5. The number of ether oxygens (including phenoxy) is 1. The van der Waals surface area contributed by atoms with E-state index in [1.54, 1.807) is 11.1 Å². The van der Waals surface area contributed by atoms with Crippen molar-refractivity contribution in [3.63, 3.8) is 0 Å². The van der Waals surface area contributed by atoms with Gasteiger partial charge in [0.15, 0.2) is 0 Å². The smallest absolute Gasteiger partial charge is 0.138 e. The van der Waals surface area contributed by atoms with Crippen LogP contribution in [0.4, 0.5) is 0 Å². The summed E-state index contributed by atoms with van der Waals surface area (Å²) in [5.74, 6) is 1.06. The molecule has 2 aliphatic carbocycles. The Bertz CT molecular complexity index is 1000. The molecular weight excluding hydrogens is 403 g/mol. The lowest BCUT2D eigenvalue weighted by Gasteiger charge is -2.39. The molecule has 5 rings (SSSR count). The monoisotopic (exact) mass is 426 g/mol. The van der Waals surface area contributed by atoms with Crippen LogP contribution >= 0.6 is 23.2 Å². The van der Waals surface area contributed by atoms with Crippen LogP contribution in [0.2, 0.25) is 10.0 Å². The SMILES string of the molecule is Clc1ccc(CO[C@H]([C@H]2Cc3cccc4c3[C@H](CCC4)C2)n2ccnc2)cc1Cl. The van der Waals surface area contributed by atoms with Crippen LogP contribution in [-0.2, 0) is 24.2 Å². The van der Waals surface area contributed by atoms with Crippen LogP contribution in [0, 0.1) is 5.92 Å². The molecule has 2 aromatic carbocycles. The van der Waals surface area contributed by atoms with Gasteiger partial charge in [0.25, 0.3) is 0 Å². The van der Waals surface area contributed by atoms with E-state index in [2.05, 4.69) is 27.8 Å². The minimum Gasteiger partial charge on any atom is -0.353 e. The summed E-state index contributed by atoms with van der Waals surface area (Å²) < 4.78 is 8.60. The number of benzene rings is 2. The maximum absolute atomic E-state index is 6.48. The van der Waals surface area contributed by atoms with E-state index in [1.165, 1.54) is 24.8 Å². The summed E-state index contributed by atoms with van der Waals surface area (Å²) in [5, 5.41) is 1.13. The van der Waals surface area contributed by atoms with Crippen LogP contribution in [0.3, 0.4) is 0 Å². The molecule has 0 N–H and O–H groups in total. The molecule has 150 valence electrons. The van der Waals surface area contributed by atoms with Crippen molar-refractivity contribution in [2.24, 2.45) is 5.92 Å². The number of rotatable bonds is 5. The highest BCUT2D eigenvalue weighted by Gasteiger charge is 2.35. The quantitative estimate of drug-likeness (QED) is 0.459. The summed E-state index contributed by atoms with van der Waals surface area (Å²) in [4.78, 5) is 4.27. The highest BCUT2D eigenvalue weighted by molar-refractivity contribution is 6.42. The van der Waals surface area contributed by atoms with Crippen molar-refractivity contribution < 1.29 is 4.74 Å². The van der Waals surface area contributed by atoms with E-state index in [9.17, 15) is 0 Å². The van der Waals surface area contributed by atoms with Gasteiger partial charge in [0.1, 0.15) is 6.23 Å². The molecule has 29 heavy (non-hydrogen) atoms. The molecule has 1 heterocycles. The predicted octanol–water partition coefficient (Wildman–Crippen LogP) is 6.59. The molecule has 0 saturated heterocycles. The molecule has 0 spiro atoms. The van der Waals surface area contributed by atoms with Gasteiger partial charge in [-0.25, -0.2) is 4.98 Å². The van der Waals surface area contributed by atoms with Gasteiger partial charge in [-0.15, -0.1) is 0 Å². The molecule has 0 unspecified atom stereocenters. The fraction of sp³-hybridized carbons (Fsp3) is 0.375. The van der Waals surface area contributed by atoms with Gasteiger partial charge in [-0.1, -0.05) is 47.5 Å². The maximum Gasteiger partial charge on any atom is 0.138 e. The Morgan fingerprint density at radius 1 is 1.14 bits per heavy atom. The van der Waals surface area contributed by atoms with Gasteiger partial charge in [-0.3, -0.25) is 0 Å². The first-order valence-electron chi connectivity index (χ1n) is 10.3. The van der Waals surface area contributed by atoms with Gasteiger partial charge in [-0.2, -0.15) is 0 Å². The Balaban J connectivity index is 1.41. The van der Waals surface area contributed by atoms with E-state index in [0.717, 1.165) is 18.4 Å². The largest absolute Gasteiger partial charge is 0.353 e. The molecule has 3 nitrogen and oxygen atoms in total. The van der Waals surface area contributed by atoms with Crippen LogP contribution in [0.25, 0.3) is 0 Å². The van der Waals surface area contributed by atoms with Crippen molar-refractivity contribution >= 4 is 23.2 Å². The molecule has 1 aromatic heterocycles. The summed E-state index contributed by atoms with van der Waals surface area (Å²) in [5.41, 5.74) is 5.73. The third kappa shape index (κ3) is 3.84. The Kier molecular flexibility index (Phi) is 5.38. The van der Waals surface area contributed by atoms with E-state index in [4.69, 9.17) is 27.9 Å². The number of hydrogen-bond donors (Lipinski definition) is 0. The van der Waals surface area contributed by atoms with Crippen molar-refractivity contribution in [3.8, 4) is 0 Å². The summed E-state index contributed by atoms with van der Waals surface area (Å²) in [7, 11) is 0. The van der Waals surface area contributed by atoms with Gasteiger partial charge >= 0.3 is 0 Å². The molecule has 3 atom stereocenters. The zero-order valence-corrected chi connectivity index (χ0v) is 17.7. The van der Waals surface area contributed by atoms with Crippen LogP contribution in [-0.4, -0.2) is 9.55 Å². The first kappa shape index (κ1) is 19.2. The summed E-state index contributed by atoms with van der Waals surface area (Å²) in [6.45, 7) is 0.494. The normalized spacial score (nSPS) is 21.6. The first-order chi connectivity index (χ1) is 14.2. The van der Waals surface area contributed by atoms with Crippen molar-refractivity contribution in [1.29, 1.82) is 0 Å². The fourth-order valence-electron chi connectivity index (χ4n) is 5.15. The van der Waals surface area contributed by atoms with Crippen LogP contribution in [0.15, 0.2) is 55.1 Å². The molecule has 0 amide bonds. The van der Waals surface area contributed by atoms with E-state index >= 15 is 0 Å². The second-order valence-electron chi connectivity index (χ2n) is 8.24. The van der Waals surface area contributed by atoms with E-state index in [1.807, 2.05) is 36.9 Å². The van der Waals surface area contributed by atoms with E-state index in [0.29, 0.717) is 28.5 Å². The Labute approximate surface area is 181 Å². The molecule has 0 aliphatic heterocycles. The molecule has 0 fully saturated rings. The topological polar surface area (TPSA) is 27.1 Å². The second kappa shape index (κ2) is 8.14. The van der Waals surface area contributed by atoms with Crippen molar-refractivity contribution in [2.75, 3.05) is 0 Å². The van der Waals surface area contributed by atoms with Crippen molar-refractivity contribution in [3.05, 3.63) is 87.4 Å². The van der Waals surface area contributed by atoms with Crippen molar-refractivity contribution in [1.82, 2.24) is 9.55 Å². The zero-order chi connectivity index (χ0) is 19.8. The van der Waals surface area contributed by atoms with Gasteiger partial charge in [-0.05, 0) is 72.4 Å². The van der Waals surface area contributed by atoms with Gasteiger partial charge in [0.05, 0.1) is 23.0 Å². The highest BCUT2D eigenvalue weighted by atomic mass is 35.5. The van der Waals surface area contributed by atoms with Gasteiger partial charge < -0.3 is 9.30 Å². The third-order valence-corrected chi connectivity index (χ3v) is 7.13. The molecule has 0 saturated carbocycles. The van der Waals surface area contributed by atoms with Crippen LogP contribution in [0.5, 0.6) is 0 Å². The third-order valence-electron chi connectivity index (χ3n) is 6.39. The van der Waals surface area contributed by atoms with Crippen LogP contribution < -0.4 is 0 Å². The fourth-order valence-corrected chi connectivity index (χ4v) is 5.47. The predicted molar refractivity (Wildman–Crippen MR) is 116 cm³/mol. The molecule has 0 bridgehead atoms. The molecular formula is C24H24Cl2N2O. The van der Waals surface area contributed by atoms with E-state index < -0.39 is 0 Å². The number of aromatic nitrogens is 2. The zero-order valence-electron chi connectivity index (χ0n) is 16.2. The molecule has 3 aromatic rings. The van der Waals surface area contributed by atoms with Crippen LogP contribution in [0.1, 0.15) is 53.7 Å². The van der Waals surface area contributed by atoms with Gasteiger partial charge in [0.2, 0.25) is 0 Å². The highest BCUT2D eigenvalue weighted by Crippen LogP contribution is 2.46. The number of aryl methyl sites for hydroxylation is 1. The lowest BCUT2D eigenvalue weighted by molar-refractivity contribution is -0.0566. The van der Waals surface area contributed by atoms with E-state index in [-0.39, 0.29) is 6.23 Å². The average molecular weight is 427 g/mol. The lowest BCUT2D eigenvalue weighted by atomic mass is 9.69. The molecule has 2 aliphatic rings. The number of hydrogen-bond acceptors (Lipinski definition) is 2. The summed E-state index contributed by atoms with van der Waals surface area (Å²) in [6.07, 6.45) is 11.6. The van der Waals surface area contributed by atoms with Gasteiger partial charge in [0, 0.05) is 18.3 Å². The number of imidazole rings is 1. The second-order valence-corrected chi connectivity index (χ2v) is 9.05. The minimum absolute atomic E-state index is 0.0503. The molecule has 0 radical (unpaired) electrons. The standard InChI is InChI=1S/C24H24Cl2N2O/c25-21-8-7-16(11-22(21)26)14-29-24(28-10-9-27-15-28)20-12-18-5-1-3-17-4-2-6-19(13-20)23(17)18/h1,3,5,7-11,15,19-20,24H,2,4,6,12-14H2/t19-,20+,24-/m1/s1. The maximum atomic E-state index is 6.48. The average Bonchev–Trinajstić information content (AvgIpc) is 3.26.